The van der Waals surface area contributed by atoms with Gasteiger partial charge in [-0.25, -0.2) is 0 Å². The van der Waals surface area contributed by atoms with Crippen molar-refractivity contribution in [2.24, 2.45) is 5.92 Å². The van der Waals surface area contributed by atoms with Gasteiger partial charge in [0.25, 0.3) is 0 Å². The Balaban J connectivity index is 0.00000144. The standard InChI is InChI=1S/C18H24N2O.ClH/c21-17(20-14-7-4-10-19-12-14)16-11-18(16)9-3-6-13-5-1-2-8-15(13)18;/h1-2,5,8,14,16,19H,3-4,6-7,9-12H2,(H,20,21);1H. The van der Waals surface area contributed by atoms with E-state index in [2.05, 4.69) is 34.9 Å². The average molecular weight is 321 g/mol. The summed E-state index contributed by atoms with van der Waals surface area (Å²) < 4.78 is 0. The number of hydrogen-bond donors (Lipinski definition) is 2. The number of piperidine rings is 1. The first-order chi connectivity index (χ1) is 10.3. The molecule has 2 fully saturated rings. The second kappa shape index (κ2) is 6.21. The van der Waals surface area contributed by atoms with Crippen molar-refractivity contribution >= 4 is 18.3 Å². The van der Waals surface area contributed by atoms with Crippen molar-refractivity contribution in [1.82, 2.24) is 10.6 Å². The predicted octanol–water partition coefficient (Wildman–Crippen LogP) is 2.57. The highest BCUT2D eigenvalue weighted by Gasteiger charge is 2.60. The molecule has 1 aromatic carbocycles. The van der Waals surface area contributed by atoms with E-state index in [0.717, 1.165) is 25.9 Å². The van der Waals surface area contributed by atoms with E-state index in [9.17, 15) is 4.79 Å². The van der Waals surface area contributed by atoms with Crippen molar-refractivity contribution in [2.75, 3.05) is 13.1 Å². The van der Waals surface area contributed by atoms with Gasteiger partial charge in [0.05, 0.1) is 0 Å². The maximum Gasteiger partial charge on any atom is 0.224 e. The first-order valence-electron chi connectivity index (χ1n) is 8.39. The molecule has 4 heteroatoms. The van der Waals surface area contributed by atoms with Crippen LogP contribution in [0.2, 0.25) is 0 Å². The molecule has 1 amide bonds. The smallest absolute Gasteiger partial charge is 0.224 e. The van der Waals surface area contributed by atoms with Gasteiger partial charge in [0.15, 0.2) is 0 Å². The zero-order valence-corrected chi connectivity index (χ0v) is 13.8. The van der Waals surface area contributed by atoms with Crippen LogP contribution in [-0.2, 0) is 16.6 Å². The zero-order chi connectivity index (χ0) is 14.3. The van der Waals surface area contributed by atoms with Crippen molar-refractivity contribution < 1.29 is 4.79 Å². The van der Waals surface area contributed by atoms with Gasteiger partial charge >= 0.3 is 0 Å². The lowest BCUT2D eigenvalue weighted by atomic mass is 9.78. The summed E-state index contributed by atoms with van der Waals surface area (Å²) in [6.07, 6.45) is 6.93. The Morgan fingerprint density at radius 3 is 2.95 bits per heavy atom. The molecule has 1 heterocycles. The molecular weight excluding hydrogens is 296 g/mol. The lowest BCUT2D eigenvalue weighted by Gasteiger charge is -2.28. The van der Waals surface area contributed by atoms with Crippen LogP contribution < -0.4 is 10.6 Å². The van der Waals surface area contributed by atoms with E-state index < -0.39 is 0 Å². The average Bonchev–Trinajstić information content (AvgIpc) is 3.24. The molecule has 3 aliphatic rings. The molecule has 2 aliphatic carbocycles. The summed E-state index contributed by atoms with van der Waals surface area (Å²) in [7, 11) is 0. The monoisotopic (exact) mass is 320 g/mol. The van der Waals surface area contributed by atoms with Crippen LogP contribution in [0.15, 0.2) is 24.3 Å². The van der Waals surface area contributed by atoms with Gasteiger partial charge in [0, 0.05) is 23.9 Å². The first-order valence-corrected chi connectivity index (χ1v) is 8.39. The molecule has 1 spiro atoms. The minimum atomic E-state index is 0. The summed E-state index contributed by atoms with van der Waals surface area (Å²) in [5, 5.41) is 6.65. The number of hydrogen-bond acceptors (Lipinski definition) is 2. The number of amides is 1. The highest BCUT2D eigenvalue weighted by atomic mass is 35.5. The van der Waals surface area contributed by atoms with Crippen LogP contribution in [0, 0.1) is 5.92 Å². The second-order valence-electron chi connectivity index (χ2n) is 6.98. The molecule has 3 nitrogen and oxygen atoms in total. The summed E-state index contributed by atoms with van der Waals surface area (Å²) in [5.74, 6) is 0.501. The first kappa shape index (κ1) is 15.8. The maximum atomic E-state index is 12.6. The molecular formula is C18H25ClN2O. The number of benzene rings is 1. The summed E-state index contributed by atoms with van der Waals surface area (Å²) >= 11 is 0. The van der Waals surface area contributed by atoms with Gasteiger partial charge < -0.3 is 10.6 Å². The van der Waals surface area contributed by atoms with Gasteiger partial charge in [-0.3, -0.25) is 4.79 Å². The molecule has 1 aliphatic heterocycles. The molecule has 4 rings (SSSR count). The van der Waals surface area contributed by atoms with Gasteiger partial charge in [-0.2, -0.15) is 0 Å². The van der Waals surface area contributed by atoms with E-state index in [1.165, 1.54) is 36.8 Å². The van der Waals surface area contributed by atoms with Gasteiger partial charge in [-0.05, 0) is 56.2 Å². The molecule has 1 aromatic rings. The van der Waals surface area contributed by atoms with Gasteiger partial charge in [-0.1, -0.05) is 24.3 Å². The number of halogens is 1. The SMILES string of the molecule is Cl.O=C(NC1CCCNC1)C1CC12CCCc1ccccc12. The highest BCUT2D eigenvalue weighted by molar-refractivity contribution is 5.85. The number of carbonyl (C=O) groups is 1. The molecule has 3 unspecified atom stereocenters. The predicted molar refractivity (Wildman–Crippen MR) is 90.4 cm³/mol. The molecule has 3 atom stereocenters. The number of nitrogens with one attached hydrogen (secondary N) is 2. The van der Waals surface area contributed by atoms with Crippen LogP contribution >= 0.6 is 12.4 Å². The van der Waals surface area contributed by atoms with E-state index in [4.69, 9.17) is 0 Å². The highest BCUT2D eigenvalue weighted by Crippen LogP contribution is 2.60. The summed E-state index contributed by atoms with van der Waals surface area (Å²) in [6.45, 7) is 2.02. The van der Waals surface area contributed by atoms with Gasteiger partial charge in [-0.15, -0.1) is 12.4 Å². The lowest BCUT2D eigenvalue weighted by Crippen LogP contribution is -2.46. The number of aryl methyl sites for hydroxylation is 1. The molecule has 0 aromatic heterocycles. The number of fused-ring (bicyclic) bond motifs is 2. The van der Waals surface area contributed by atoms with Crippen molar-refractivity contribution in [3.8, 4) is 0 Å². The fraction of sp³-hybridized carbons (Fsp3) is 0.611. The fourth-order valence-corrected chi connectivity index (χ4v) is 4.45. The second-order valence-corrected chi connectivity index (χ2v) is 6.98. The van der Waals surface area contributed by atoms with Crippen LogP contribution in [0.1, 0.15) is 43.2 Å². The Labute approximate surface area is 138 Å². The third-order valence-corrected chi connectivity index (χ3v) is 5.66. The van der Waals surface area contributed by atoms with Crippen molar-refractivity contribution in [3.63, 3.8) is 0 Å². The molecule has 0 radical (unpaired) electrons. The van der Waals surface area contributed by atoms with Crippen LogP contribution in [0.5, 0.6) is 0 Å². The van der Waals surface area contributed by atoms with Crippen molar-refractivity contribution in [1.29, 1.82) is 0 Å². The zero-order valence-electron chi connectivity index (χ0n) is 12.9. The Bertz CT molecular complexity index is 556. The van der Waals surface area contributed by atoms with Crippen LogP contribution in [-0.4, -0.2) is 25.0 Å². The minimum absolute atomic E-state index is 0. The summed E-state index contributed by atoms with van der Waals surface area (Å²) in [6, 6.07) is 9.09. The summed E-state index contributed by atoms with van der Waals surface area (Å²) in [4.78, 5) is 12.6. The Hall–Kier alpha value is -1.06. The molecule has 22 heavy (non-hydrogen) atoms. The van der Waals surface area contributed by atoms with E-state index in [0.29, 0.717) is 11.9 Å². The fourth-order valence-electron chi connectivity index (χ4n) is 4.45. The Morgan fingerprint density at radius 1 is 1.27 bits per heavy atom. The van der Waals surface area contributed by atoms with Gasteiger partial charge in [0.2, 0.25) is 5.91 Å². The van der Waals surface area contributed by atoms with Gasteiger partial charge in [0.1, 0.15) is 0 Å². The van der Waals surface area contributed by atoms with E-state index in [-0.39, 0.29) is 23.7 Å². The number of rotatable bonds is 2. The maximum absolute atomic E-state index is 12.6. The molecule has 1 saturated heterocycles. The topological polar surface area (TPSA) is 41.1 Å². The Morgan fingerprint density at radius 2 is 2.14 bits per heavy atom. The van der Waals surface area contributed by atoms with E-state index in [1.54, 1.807) is 0 Å². The molecule has 120 valence electrons. The molecule has 0 bridgehead atoms. The molecule has 2 N–H and O–H groups in total. The largest absolute Gasteiger partial charge is 0.352 e. The number of carbonyl (C=O) groups excluding carboxylic acids is 1. The Kier molecular flexibility index (Phi) is 4.47. The van der Waals surface area contributed by atoms with Crippen LogP contribution in [0.3, 0.4) is 0 Å². The van der Waals surface area contributed by atoms with E-state index >= 15 is 0 Å². The third kappa shape index (κ3) is 2.65. The normalized spacial score (nSPS) is 32.7. The van der Waals surface area contributed by atoms with E-state index in [1.807, 2.05) is 0 Å². The van der Waals surface area contributed by atoms with Crippen LogP contribution in [0.4, 0.5) is 0 Å². The lowest BCUT2D eigenvalue weighted by molar-refractivity contribution is -0.123. The van der Waals surface area contributed by atoms with Crippen molar-refractivity contribution in [2.45, 2.75) is 50.0 Å². The quantitative estimate of drug-likeness (QED) is 0.879. The molecule has 1 saturated carbocycles. The van der Waals surface area contributed by atoms with Crippen molar-refractivity contribution in [3.05, 3.63) is 35.4 Å². The van der Waals surface area contributed by atoms with Crippen LogP contribution in [0.25, 0.3) is 0 Å². The third-order valence-electron chi connectivity index (χ3n) is 5.66. The minimum Gasteiger partial charge on any atom is -0.352 e. The summed E-state index contributed by atoms with van der Waals surface area (Å²) in [5.41, 5.74) is 3.10.